The van der Waals surface area contributed by atoms with Gasteiger partial charge < -0.3 is 4.74 Å². The van der Waals surface area contributed by atoms with E-state index in [-0.39, 0.29) is 17.9 Å². The largest absolute Gasteiger partial charge is 0.495 e. The van der Waals surface area contributed by atoms with Gasteiger partial charge in [-0.2, -0.15) is 0 Å². The zero-order valence-corrected chi connectivity index (χ0v) is 15.1. The molecule has 24 heavy (non-hydrogen) atoms. The van der Waals surface area contributed by atoms with Crippen LogP contribution in [-0.2, 0) is 15.6 Å². The van der Waals surface area contributed by atoms with Gasteiger partial charge in [-0.15, -0.1) is 6.58 Å². The highest BCUT2D eigenvalue weighted by Gasteiger charge is 2.26. The number of carbonyl (C=O) groups is 1. The highest BCUT2D eigenvalue weighted by Crippen LogP contribution is 2.26. The van der Waals surface area contributed by atoms with Crippen LogP contribution in [0.2, 0.25) is 0 Å². The third-order valence-electron chi connectivity index (χ3n) is 4.03. The molecule has 2 N–H and O–H groups in total. The molecule has 1 saturated heterocycles. The van der Waals surface area contributed by atoms with Crippen molar-refractivity contribution in [3.05, 3.63) is 42.0 Å². The number of amides is 1. The van der Waals surface area contributed by atoms with E-state index in [1.54, 1.807) is 13.2 Å². The van der Waals surface area contributed by atoms with Gasteiger partial charge in [0.2, 0.25) is 5.91 Å². The van der Waals surface area contributed by atoms with Gasteiger partial charge in [0.15, 0.2) is 0 Å². The molecule has 0 aliphatic carbocycles. The molecule has 0 radical (unpaired) electrons. The lowest BCUT2D eigenvalue weighted by molar-refractivity contribution is -0.125. The third-order valence-corrected chi connectivity index (χ3v) is 5.38. The van der Waals surface area contributed by atoms with E-state index in [1.807, 2.05) is 38.1 Å². The highest BCUT2D eigenvalue weighted by molar-refractivity contribution is 7.85. The lowest BCUT2D eigenvalue weighted by Crippen LogP contribution is -2.53. The van der Waals surface area contributed by atoms with Gasteiger partial charge in [0, 0.05) is 12.2 Å². The van der Waals surface area contributed by atoms with Crippen molar-refractivity contribution in [2.24, 2.45) is 5.92 Å². The SMILES string of the molecule is C=CCS(=O)c1cc(/C=C(\C)C2NNC(=O)CC2C)ccc1OC. The molecular formula is C18H24N2O3S. The molecular weight excluding hydrogens is 324 g/mol. The molecule has 1 amide bonds. The summed E-state index contributed by atoms with van der Waals surface area (Å²) in [6.45, 7) is 7.71. The minimum Gasteiger partial charge on any atom is -0.495 e. The fraction of sp³-hybridized carbons (Fsp3) is 0.389. The average molecular weight is 348 g/mol. The van der Waals surface area contributed by atoms with Gasteiger partial charge in [-0.3, -0.25) is 14.4 Å². The molecule has 6 heteroatoms. The Morgan fingerprint density at radius 1 is 1.50 bits per heavy atom. The molecule has 3 atom stereocenters. The highest BCUT2D eigenvalue weighted by atomic mass is 32.2. The number of ether oxygens (including phenoxy) is 1. The zero-order chi connectivity index (χ0) is 17.7. The maximum absolute atomic E-state index is 12.3. The van der Waals surface area contributed by atoms with Gasteiger partial charge in [0.1, 0.15) is 5.75 Å². The third kappa shape index (κ3) is 4.33. The van der Waals surface area contributed by atoms with Crippen molar-refractivity contribution >= 4 is 22.8 Å². The Balaban J connectivity index is 2.28. The van der Waals surface area contributed by atoms with E-state index >= 15 is 0 Å². The van der Waals surface area contributed by atoms with Gasteiger partial charge in [0.25, 0.3) is 0 Å². The van der Waals surface area contributed by atoms with Crippen LogP contribution in [0.15, 0.2) is 41.3 Å². The number of benzene rings is 1. The van der Waals surface area contributed by atoms with E-state index in [9.17, 15) is 9.00 Å². The number of rotatable bonds is 6. The summed E-state index contributed by atoms with van der Waals surface area (Å²) in [7, 11) is 0.389. The van der Waals surface area contributed by atoms with Crippen LogP contribution in [0.3, 0.4) is 0 Å². The summed E-state index contributed by atoms with van der Waals surface area (Å²) < 4.78 is 17.6. The number of methoxy groups -OCH3 is 1. The molecule has 1 aliphatic heterocycles. The summed E-state index contributed by atoms with van der Waals surface area (Å²) >= 11 is 0. The lowest BCUT2D eigenvalue weighted by Gasteiger charge is -2.30. The predicted octanol–water partition coefficient (Wildman–Crippen LogP) is 2.42. The van der Waals surface area contributed by atoms with Crippen LogP contribution >= 0.6 is 0 Å². The molecule has 0 bridgehead atoms. The van der Waals surface area contributed by atoms with Crippen molar-refractivity contribution in [1.82, 2.24) is 10.9 Å². The van der Waals surface area contributed by atoms with Gasteiger partial charge in [0.05, 0.1) is 28.8 Å². The Bertz CT molecular complexity index is 685. The second-order valence-electron chi connectivity index (χ2n) is 5.95. The van der Waals surface area contributed by atoms with Crippen LogP contribution in [0.4, 0.5) is 0 Å². The van der Waals surface area contributed by atoms with Crippen LogP contribution in [-0.4, -0.2) is 29.0 Å². The number of hydrogen-bond acceptors (Lipinski definition) is 4. The summed E-state index contributed by atoms with van der Waals surface area (Å²) in [5, 5.41) is 0. The van der Waals surface area contributed by atoms with Gasteiger partial charge >= 0.3 is 0 Å². The molecule has 0 aromatic heterocycles. The normalized spacial score (nSPS) is 22.6. The molecule has 1 aliphatic rings. The van der Waals surface area contributed by atoms with Crippen molar-refractivity contribution in [3.63, 3.8) is 0 Å². The van der Waals surface area contributed by atoms with Crippen molar-refractivity contribution < 1.29 is 13.7 Å². The monoisotopic (exact) mass is 348 g/mol. The molecule has 1 aromatic carbocycles. The molecule has 2 rings (SSSR count). The van der Waals surface area contributed by atoms with E-state index < -0.39 is 10.8 Å². The van der Waals surface area contributed by atoms with Crippen LogP contribution < -0.4 is 15.6 Å². The topological polar surface area (TPSA) is 67.4 Å². The second kappa shape index (κ2) is 8.26. The summed E-state index contributed by atoms with van der Waals surface area (Å²) in [5.41, 5.74) is 7.79. The van der Waals surface area contributed by atoms with Gasteiger partial charge in [-0.1, -0.05) is 30.7 Å². The molecule has 1 aromatic rings. The Morgan fingerprint density at radius 3 is 2.88 bits per heavy atom. The summed E-state index contributed by atoms with van der Waals surface area (Å²) in [6, 6.07) is 5.72. The van der Waals surface area contributed by atoms with Crippen molar-refractivity contribution in [2.45, 2.75) is 31.2 Å². The number of hydrazine groups is 1. The van der Waals surface area contributed by atoms with Crippen molar-refractivity contribution in [2.75, 3.05) is 12.9 Å². The Labute approximate surface area is 145 Å². The van der Waals surface area contributed by atoms with Crippen LogP contribution in [0.5, 0.6) is 5.75 Å². The fourth-order valence-electron chi connectivity index (χ4n) is 2.83. The molecule has 1 heterocycles. The first kappa shape index (κ1) is 18.4. The van der Waals surface area contributed by atoms with Crippen LogP contribution in [0, 0.1) is 5.92 Å². The summed E-state index contributed by atoms with van der Waals surface area (Å²) in [6.07, 6.45) is 4.18. The minimum atomic E-state index is -1.18. The first-order valence-electron chi connectivity index (χ1n) is 7.86. The fourth-order valence-corrected chi connectivity index (χ4v) is 3.87. The number of nitrogens with one attached hydrogen (secondary N) is 2. The maximum atomic E-state index is 12.3. The first-order chi connectivity index (χ1) is 11.5. The zero-order valence-electron chi connectivity index (χ0n) is 14.3. The van der Waals surface area contributed by atoms with E-state index in [0.717, 1.165) is 11.1 Å². The summed E-state index contributed by atoms with van der Waals surface area (Å²) in [5.74, 6) is 1.22. The van der Waals surface area contributed by atoms with Crippen LogP contribution in [0.25, 0.3) is 6.08 Å². The summed E-state index contributed by atoms with van der Waals surface area (Å²) in [4.78, 5) is 12.1. The van der Waals surface area contributed by atoms with Crippen LogP contribution in [0.1, 0.15) is 25.8 Å². The smallest absolute Gasteiger partial charge is 0.234 e. The Hall–Kier alpha value is -1.92. The Kier molecular flexibility index (Phi) is 6.34. The second-order valence-corrected chi connectivity index (χ2v) is 7.42. The molecule has 1 fully saturated rings. The standard InChI is InChI=1S/C18H24N2O3S/c1-5-8-24(22)16-11-14(6-7-15(16)23-4)9-12(2)18-13(3)10-17(21)19-20-18/h5-7,9,11,13,18,20H,1,8,10H2,2-4H3,(H,19,21)/b12-9+. The van der Waals surface area contributed by atoms with Gasteiger partial charge in [-0.05, 0) is 30.5 Å². The average Bonchev–Trinajstić information content (AvgIpc) is 2.54. The van der Waals surface area contributed by atoms with E-state index in [0.29, 0.717) is 22.8 Å². The molecule has 0 spiro atoms. The van der Waals surface area contributed by atoms with E-state index in [4.69, 9.17) is 4.74 Å². The van der Waals surface area contributed by atoms with E-state index in [1.165, 1.54) is 0 Å². The molecule has 0 saturated carbocycles. The number of hydrogen-bond donors (Lipinski definition) is 2. The lowest BCUT2D eigenvalue weighted by atomic mass is 9.90. The van der Waals surface area contributed by atoms with Crippen molar-refractivity contribution in [1.29, 1.82) is 0 Å². The van der Waals surface area contributed by atoms with E-state index in [2.05, 4.69) is 17.4 Å². The maximum Gasteiger partial charge on any atom is 0.234 e. The molecule has 5 nitrogen and oxygen atoms in total. The molecule has 3 unspecified atom stereocenters. The minimum absolute atomic E-state index is 0.0121. The Morgan fingerprint density at radius 2 is 2.25 bits per heavy atom. The first-order valence-corrected chi connectivity index (χ1v) is 9.18. The predicted molar refractivity (Wildman–Crippen MR) is 97.0 cm³/mol. The molecule has 130 valence electrons. The van der Waals surface area contributed by atoms with Crippen molar-refractivity contribution in [3.8, 4) is 5.75 Å². The number of carbonyl (C=O) groups excluding carboxylic acids is 1. The van der Waals surface area contributed by atoms with Gasteiger partial charge in [-0.25, -0.2) is 5.43 Å². The quantitative estimate of drug-likeness (QED) is 0.775.